The first kappa shape index (κ1) is 23.5. The van der Waals surface area contributed by atoms with Gasteiger partial charge < -0.3 is 20.5 Å². The minimum atomic E-state index is -0.583. The van der Waals surface area contributed by atoms with E-state index in [1.165, 1.54) is 28.7 Å². The van der Waals surface area contributed by atoms with E-state index in [0.717, 1.165) is 36.2 Å². The highest BCUT2D eigenvalue weighted by molar-refractivity contribution is 6.34. The lowest BCUT2D eigenvalue weighted by atomic mass is 9.86. The largest absolute Gasteiger partial charge is 0.358 e. The van der Waals surface area contributed by atoms with Crippen LogP contribution in [0, 0.1) is 18.7 Å². The van der Waals surface area contributed by atoms with Gasteiger partial charge in [-0.25, -0.2) is 4.39 Å². The minimum absolute atomic E-state index is 0.199. The minimum Gasteiger partial charge on any atom is -0.358 e. The van der Waals surface area contributed by atoms with Crippen molar-refractivity contribution < 1.29 is 18.8 Å². The number of anilines is 1. The summed E-state index contributed by atoms with van der Waals surface area (Å²) >= 11 is 0. The summed E-state index contributed by atoms with van der Waals surface area (Å²) in [6.45, 7) is 7.68. The molecule has 3 N–H and O–H groups in total. The normalized spacial score (nSPS) is 18.6. The van der Waals surface area contributed by atoms with Gasteiger partial charge in [-0.05, 0) is 80.5 Å². The lowest BCUT2D eigenvalue weighted by Crippen LogP contribution is -2.46. The Balaban J connectivity index is 1.46. The number of aromatic amines is 1. The molecule has 2 aromatic rings. The van der Waals surface area contributed by atoms with Crippen LogP contribution in [0.1, 0.15) is 41.4 Å². The molecule has 0 saturated heterocycles. The van der Waals surface area contributed by atoms with Crippen molar-refractivity contribution in [3.8, 4) is 0 Å². The summed E-state index contributed by atoms with van der Waals surface area (Å²) in [7, 11) is 1.58. The zero-order valence-electron chi connectivity index (χ0n) is 19.6. The molecule has 0 saturated carbocycles. The van der Waals surface area contributed by atoms with Crippen LogP contribution in [0.15, 0.2) is 30.9 Å². The van der Waals surface area contributed by atoms with Crippen LogP contribution >= 0.6 is 0 Å². The van der Waals surface area contributed by atoms with Gasteiger partial charge in [-0.15, -0.1) is 0 Å². The molecular weight excluding hydrogens is 435 g/mol. The highest BCUT2D eigenvalue weighted by Crippen LogP contribution is 2.36. The third-order valence-electron chi connectivity index (χ3n) is 6.90. The Morgan fingerprint density at radius 3 is 2.88 bits per heavy atom. The van der Waals surface area contributed by atoms with Gasteiger partial charge in [0.05, 0.1) is 5.57 Å². The maximum Gasteiger partial charge on any atom is 0.256 e. The van der Waals surface area contributed by atoms with Gasteiger partial charge in [-0.1, -0.05) is 6.58 Å². The summed E-state index contributed by atoms with van der Waals surface area (Å²) < 4.78 is 13.8. The molecule has 7 nitrogen and oxygen atoms in total. The lowest BCUT2D eigenvalue weighted by molar-refractivity contribution is -0.135. The first-order chi connectivity index (χ1) is 16.2. The topological polar surface area (TPSA) is 94.3 Å². The van der Waals surface area contributed by atoms with Gasteiger partial charge in [-0.3, -0.25) is 14.4 Å². The molecule has 2 aliphatic rings. The molecule has 34 heavy (non-hydrogen) atoms. The summed E-state index contributed by atoms with van der Waals surface area (Å²) in [6.07, 6.45) is 5.54. The SMILES string of the molecule is C=CC(=O)N(C)[C@@H](C)C(=O)NCC1CCc2c([nH]c(C=C3C(=O)Nc4ccc(F)cc43)c2C)C1. The Bertz CT molecular complexity index is 1210. The van der Waals surface area contributed by atoms with Crippen molar-refractivity contribution in [2.75, 3.05) is 18.9 Å². The Kier molecular flexibility index (Phi) is 6.41. The second-order valence-electron chi connectivity index (χ2n) is 9.01. The molecule has 2 atom stereocenters. The van der Waals surface area contributed by atoms with Crippen molar-refractivity contribution in [2.24, 2.45) is 5.92 Å². The number of halogens is 1. The highest BCUT2D eigenvalue weighted by atomic mass is 19.1. The molecule has 178 valence electrons. The highest BCUT2D eigenvalue weighted by Gasteiger charge is 2.28. The number of nitrogens with one attached hydrogen (secondary N) is 3. The number of rotatable bonds is 6. The fourth-order valence-electron chi connectivity index (χ4n) is 4.64. The van der Waals surface area contributed by atoms with Crippen molar-refractivity contribution in [3.05, 3.63) is 64.7 Å². The molecule has 0 bridgehead atoms. The van der Waals surface area contributed by atoms with Crippen molar-refractivity contribution in [2.45, 2.75) is 39.2 Å². The van der Waals surface area contributed by atoms with Crippen LogP contribution in [0.4, 0.5) is 10.1 Å². The number of nitrogens with zero attached hydrogens (tertiary/aromatic N) is 1. The van der Waals surface area contributed by atoms with Gasteiger partial charge in [0, 0.05) is 36.2 Å². The number of hydrogen-bond acceptors (Lipinski definition) is 3. The van der Waals surface area contributed by atoms with Crippen LogP contribution in [0.5, 0.6) is 0 Å². The van der Waals surface area contributed by atoms with E-state index >= 15 is 0 Å². The van der Waals surface area contributed by atoms with Gasteiger partial charge in [0.15, 0.2) is 0 Å². The third-order valence-corrected chi connectivity index (χ3v) is 6.90. The fourth-order valence-corrected chi connectivity index (χ4v) is 4.64. The van der Waals surface area contributed by atoms with Crippen molar-refractivity contribution in [3.63, 3.8) is 0 Å². The number of carbonyl (C=O) groups is 3. The second-order valence-corrected chi connectivity index (χ2v) is 9.01. The smallest absolute Gasteiger partial charge is 0.256 e. The Morgan fingerprint density at radius 2 is 2.15 bits per heavy atom. The molecule has 1 unspecified atom stereocenters. The standard InChI is InChI=1S/C26H29FN4O3/c1-5-24(32)31(4)15(3)25(33)28-13-16-6-8-18-14(2)22(29-23(18)10-16)12-20-19-11-17(27)7-9-21(19)30-26(20)34/h5,7,9,11-12,15-16,29H,1,6,8,10,13H2,2-4H3,(H,28,33)(H,30,34)/t15-,16?/m0/s1. The summed E-state index contributed by atoms with van der Waals surface area (Å²) in [4.78, 5) is 41.5. The van der Waals surface area contributed by atoms with E-state index in [4.69, 9.17) is 0 Å². The van der Waals surface area contributed by atoms with Crippen LogP contribution in [0.2, 0.25) is 0 Å². The first-order valence-corrected chi connectivity index (χ1v) is 11.4. The van der Waals surface area contributed by atoms with E-state index in [2.05, 4.69) is 22.2 Å². The number of carbonyl (C=O) groups excluding carboxylic acids is 3. The molecule has 3 amide bonds. The van der Waals surface area contributed by atoms with Crippen LogP contribution in [-0.2, 0) is 27.2 Å². The van der Waals surface area contributed by atoms with Crippen molar-refractivity contribution in [1.82, 2.24) is 15.2 Å². The van der Waals surface area contributed by atoms with Crippen molar-refractivity contribution >= 4 is 35.1 Å². The van der Waals surface area contributed by atoms with Gasteiger partial charge in [-0.2, -0.15) is 0 Å². The molecule has 1 aromatic carbocycles. The monoisotopic (exact) mass is 464 g/mol. The average Bonchev–Trinajstić information content (AvgIpc) is 3.31. The summed E-state index contributed by atoms with van der Waals surface area (Å²) in [5.41, 5.74) is 5.86. The molecule has 2 heterocycles. The van der Waals surface area contributed by atoms with Gasteiger partial charge in [0.25, 0.3) is 5.91 Å². The molecule has 1 aliphatic carbocycles. The van der Waals surface area contributed by atoms with Crippen LogP contribution in [0.3, 0.4) is 0 Å². The van der Waals surface area contributed by atoms with Crippen molar-refractivity contribution in [1.29, 1.82) is 0 Å². The second kappa shape index (κ2) is 9.29. The first-order valence-electron chi connectivity index (χ1n) is 11.4. The molecule has 4 rings (SSSR count). The van der Waals surface area contributed by atoms with E-state index in [0.29, 0.717) is 23.4 Å². The van der Waals surface area contributed by atoms with Gasteiger partial charge in [0.1, 0.15) is 11.9 Å². The van der Waals surface area contributed by atoms with E-state index in [9.17, 15) is 18.8 Å². The predicted molar refractivity (Wildman–Crippen MR) is 129 cm³/mol. The molecular formula is C26H29FN4O3. The molecule has 1 aromatic heterocycles. The maximum absolute atomic E-state index is 13.8. The molecule has 1 aliphatic heterocycles. The molecule has 0 radical (unpaired) electrons. The number of fused-ring (bicyclic) bond motifs is 2. The number of aromatic nitrogens is 1. The van der Waals surface area contributed by atoms with Crippen LogP contribution in [-0.4, -0.2) is 47.2 Å². The van der Waals surface area contributed by atoms with Gasteiger partial charge >= 0.3 is 0 Å². The summed E-state index contributed by atoms with van der Waals surface area (Å²) in [5, 5.41) is 5.74. The number of H-pyrrole nitrogens is 1. The van der Waals surface area contributed by atoms with Gasteiger partial charge in [0.2, 0.25) is 11.8 Å². The number of benzene rings is 1. The summed E-state index contributed by atoms with van der Waals surface area (Å²) in [5.74, 6) is -0.873. The van der Waals surface area contributed by atoms with E-state index in [1.807, 2.05) is 6.92 Å². The lowest BCUT2D eigenvalue weighted by Gasteiger charge is -2.26. The third kappa shape index (κ3) is 4.40. The maximum atomic E-state index is 13.8. The molecule has 0 fully saturated rings. The Morgan fingerprint density at radius 1 is 1.38 bits per heavy atom. The van der Waals surface area contributed by atoms with Crippen LogP contribution < -0.4 is 10.6 Å². The van der Waals surface area contributed by atoms with E-state index in [-0.39, 0.29) is 29.5 Å². The average molecular weight is 465 g/mol. The Hall–Kier alpha value is -3.68. The number of likely N-dealkylation sites (N-methyl/N-ethyl adjacent to an activating group) is 1. The van der Waals surface area contributed by atoms with E-state index < -0.39 is 6.04 Å². The fraction of sp³-hybridized carbons (Fsp3) is 0.346. The predicted octanol–water partition coefficient (Wildman–Crippen LogP) is 3.21. The quantitative estimate of drug-likeness (QED) is 0.573. The Labute approximate surface area is 198 Å². The van der Waals surface area contributed by atoms with Crippen LogP contribution in [0.25, 0.3) is 11.6 Å². The number of hydrogen-bond donors (Lipinski definition) is 3. The zero-order valence-corrected chi connectivity index (χ0v) is 19.6. The van der Waals surface area contributed by atoms with E-state index in [1.54, 1.807) is 26.1 Å². The number of amides is 3. The molecule has 8 heteroatoms. The molecule has 0 spiro atoms. The summed E-state index contributed by atoms with van der Waals surface area (Å²) in [6, 6.07) is 3.69. The zero-order chi connectivity index (χ0) is 24.6.